The van der Waals surface area contributed by atoms with Crippen molar-refractivity contribution in [3.63, 3.8) is 0 Å². The number of phenols is 2. The molecular formula is C30H31F2NO4. The Labute approximate surface area is 215 Å². The van der Waals surface area contributed by atoms with E-state index in [1.54, 1.807) is 12.1 Å². The van der Waals surface area contributed by atoms with Crippen LogP contribution in [-0.4, -0.2) is 41.4 Å². The zero-order chi connectivity index (χ0) is 26.3. The van der Waals surface area contributed by atoms with Crippen molar-refractivity contribution in [2.24, 2.45) is 5.92 Å². The van der Waals surface area contributed by atoms with Crippen molar-refractivity contribution in [3.05, 3.63) is 82.9 Å². The van der Waals surface area contributed by atoms with Gasteiger partial charge >= 0.3 is 0 Å². The van der Waals surface area contributed by atoms with Gasteiger partial charge in [0, 0.05) is 30.3 Å². The van der Waals surface area contributed by atoms with E-state index < -0.39 is 23.0 Å². The average molecular weight is 508 g/mol. The fourth-order valence-electron chi connectivity index (χ4n) is 5.46. The van der Waals surface area contributed by atoms with Gasteiger partial charge in [-0.25, -0.2) is 8.78 Å². The molecule has 7 heteroatoms. The van der Waals surface area contributed by atoms with Crippen molar-refractivity contribution < 1.29 is 28.5 Å². The number of fused-ring (bicyclic) bond motifs is 1. The topological polar surface area (TPSA) is 62.2 Å². The molecule has 0 amide bonds. The summed E-state index contributed by atoms with van der Waals surface area (Å²) in [6, 6.07) is 14.5. The average Bonchev–Trinajstić information content (AvgIpc) is 3.27. The van der Waals surface area contributed by atoms with Crippen LogP contribution in [0.2, 0.25) is 0 Å². The zero-order valence-corrected chi connectivity index (χ0v) is 21.2. The number of nitrogens with zero attached hydrogens (tertiary/aromatic N) is 1. The Balaban J connectivity index is 1.49. The van der Waals surface area contributed by atoms with E-state index in [9.17, 15) is 19.0 Å². The molecule has 3 aromatic rings. The molecule has 2 atom stereocenters. The van der Waals surface area contributed by atoms with Crippen LogP contribution in [0.1, 0.15) is 43.9 Å². The molecule has 2 heterocycles. The molecule has 0 spiro atoms. The molecule has 194 valence electrons. The molecule has 0 saturated carbocycles. The predicted octanol–water partition coefficient (Wildman–Crippen LogP) is 6.34. The summed E-state index contributed by atoms with van der Waals surface area (Å²) < 4.78 is 41.3. The molecule has 0 radical (unpaired) electrons. The molecule has 5 nitrogen and oxygen atoms in total. The van der Waals surface area contributed by atoms with Gasteiger partial charge in [0.1, 0.15) is 23.9 Å². The Morgan fingerprint density at radius 1 is 1.05 bits per heavy atom. The quantitative estimate of drug-likeness (QED) is 0.408. The van der Waals surface area contributed by atoms with E-state index in [1.165, 1.54) is 12.5 Å². The standard InChI is InChI=1S/C30H31F2NO4/c1-18-10-11-33(17-18)12-13-36-23-7-4-21(5-8-23)30(3)28(20-14-25(31)29(35)26(32)15-20)19(2)24-9-6-22(34)16-27(24)37-30/h4-9,14-16,18,34-35H,10-13,17H2,1-3H3. The first-order valence-corrected chi connectivity index (χ1v) is 12.5. The highest BCUT2D eigenvalue weighted by molar-refractivity contribution is 5.97. The Bertz CT molecular complexity index is 1330. The van der Waals surface area contributed by atoms with E-state index in [-0.39, 0.29) is 11.3 Å². The molecule has 2 aliphatic rings. The third-order valence-corrected chi connectivity index (χ3v) is 7.43. The third-order valence-electron chi connectivity index (χ3n) is 7.43. The highest BCUT2D eigenvalue weighted by Gasteiger charge is 2.41. The minimum atomic E-state index is -1.15. The Hall–Kier alpha value is -3.58. The van der Waals surface area contributed by atoms with E-state index in [2.05, 4.69) is 11.8 Å². The van der Waals surface area contributed by atoms with E-state index >= 15 is 0 Å². The summed E-state index contributed by atoms with van der Waals surface area (Å²) in [5, 5.41) is 19.7. The predicted molar refractivity (Wildman–Crippen MR) is 139 cm³/mol. The lowest BCUT2D eigenvalue weighted by Gasteiger charge is -2.40. The van der Waals surface area contributed by atoms with Crippen LogP contribution >= 0.6 is 0 Å². The molecule has 0 bridgehead atoms. The van der Waals surface area contributed by atoms with Crippen molar-refractivity contribution in [3.8, 4) is 23.0 Å². The normalized spacial score (nSPS) is 21.6. The maximum Gasteiger partial charge on any atom is 0.187 e. The number of hydrogen-bond acceptors (Lipinski definition) is 5. The first kappa shape index (κ1) is 25.1. The lowest BCUT2D eigenvalue weighted by Crippen LogP contribution is -2.34. The maximum atomic E-state index is 14.4. The van der Waals surface area contributed by atoms with Crippen LogP contribution in [0.3, 0.4) is 0 Å². The number of benzene rings is 3. The number of ether oxygens (including phenoxy) is 2. The van der Waals surface area contributed by atoms with Crippen LogP contribution < -0.4 is 9.47 Å². The first-order chi connectivity index (χ1) is 17.7. The zero-order valence-electron chi connectivity index (χ0n) is 21.2. The monoisotopic (exact) mass is 507 g/mol. The number of aromatic hydroxyl groups is 2. The van der Waals surface area contributed by atoms with Crippen LogP contribution in [-0.2, 0) is 5.60 Å². The van der Waals surface area contributed by atoms with Crippen LogP contribution in [0.4, 0.5) is 8.78 Å². The van der Waals surface area contributed by atoms with Crippen LogP contribution in [0.25, 0.3) is 11.1 Å². The van der Waals surface area contributed by atoms with E-state index in [0.29, 0.717) is 23.5 Å². The molecular weight excluding hydrogens is 476 g/mol. The summed E-state index contributed by atoms with van der Waals surface area (Å²) in [5.41, 5.74) is 1.85. The van der Waals surface area contributed by atoms with Gasteiger partial charge in [-0.1, -0.05) is 19.1 Å². The molecule has 2 aliphatic heterocycles. The summed E-state index contributed by atoms with van der Waals surface area (Å²) in [4.78, 5) is 2.40. The fraction of sp³-hybridized carbons (Fsp3) is 0.333. The highest BCUT2D eigenvalue weighted by atomic mass is 19.1. The molecule has 3 aromatic carbocycles. The van der Waals surface area contributed by atoms with Crippen molar-refractivity contribution in [2.75, 3.05) is 26.2 Å². The molecule has 0 aromatic heterocycles. The SMILES string of the molecule is CC1=C(c2cc(F)c(O)c(F)c2)C(C)(c2ccc(OCCN3CCC(C)C3)cc2)Oc2cc(O)ccc21. The first-order valence-electron chi connectivity index (χ1n) is 12.5. The minimum Gasteiger partial charge on any atom is -0.508 e. The summed E-state index contributed by atoms with van der Waals surface area (Å²) in [5.74, 6) is -1.16. The third kappa shape index (κ3) is 4.76. The van der Waals surface area contributed by atoms with Crippen LogP contribution in [0, 0.1) is 17.6 Å². The van der Waals surface area contributed by atoms with Gasteiger partial charge in [0.05, 0.1) is 0 Å². The molecule has 2 N–H and O–H groups in total. The van der Waals surface area contributed by atoms with Gasteiger partial charge in [0.15, 0.2) is 23.0 Å². The fourth-order valence-corrected chi connectivity index (χ4v) is 5.46. The largest absolute Gasteiger partial charge is 0.508 e. The van der Waals surface area contributed by atoms with Gasteiger partial charge in [0.25, 0.3) is 0 Å². The second-order valence-corrected chi connectivity index (χ2v) is 10.2. The van der Waals surface area contributed by atoms with Crippen molar-refractivity contribution >= 4 is 11.1 Å². The van der Waals surface area contributed by atoms with E-state index in [4.69, 9.17) is 9.47 Å². The van der Waals surface area contributed by atoms with Gasteiger partial charge < -0.3 is 19.7 Å². The van der Waals surface area contributed by atoms with Crippen LogP contribution in [0.5, 0.6) is 23.0 Å². The highest BCUT2D eigenvalue weighted by Crippen LogP contribution is 2.51. The number of rotatable bonds is 6. The summed E-state index contributed by atoms with van der Waals surface area (Å²) in [6.45, 7) is 9.60. The second-order valence-electron chi connectivity index (χ2n) is 10.2. The van der Waals surface area contributed by atoms with Crippen molar-refractivity contribution in [2.45, 2.75) is 32.8 Å². The van der Waals surface area contributed by atoms with E-state index in [0.717, 1.165) is 54.6 Å². The molecule has 1 fully saturated rings. The van der Waals surface area contributed by atoms with Crippen molar-refractivity contribution in [1.29, 1.82) is 0 Å². The number of halogens is 2. The maximum absolute atomic E-state index is 14.4. The Morgan fingerprint density at radius 2 is 1.76 bits per heavy atom. The molecule has 0 aliphatic carbocycles. The summed E-state index contributed by atoms with van der Waals surface area (Å²) >= 11 is 0. The van der Waals surface area contributed by atoms with E-state index in [1.807, 2.05) is 38.1 Å². The second kappa shape index (κ2) is 9.71. The number of hydrogen-bond donors (Lipinski definition) is 2. The Morgan fingerprint density at radius 3 is 2.41 bits per heavy atom. The Kier molecular flexibility index (Phi) is 6.58. The molecule has 5 rings (SSSR count). The van der Waals surface area contributed by atoms with Gasteiger partial charge in [-0.15, -0.1) is 0 Å². The lowest BCUT2D eigenvalue weighted by atomic mass is 9.77. The summed E-state index contributed by atoms with van der Waals surface area (Å²) in [6.07, 6.45) is 1.22. The lowest BCUT2D eigenvalue weighted by molar-refractivity contribution is 0.147. The van der Waals surface area contributed by atoms with Crippen molar-refractivity contribution in [1.82, 2.24) is 4.90 Å². The smallest absolute Gasteiger partial charge is 0.187 e. The number of likely N-dealkylation sites (tertiary alicyclic amines) is 1. The molecule has 2 unspecified atom stereocenters. The van der Waals surface area contributed by atoms with Gasteiger partial charge in [0.2, 0.25) is 0 Å². The van der Waals surface area contributed by atoms with Gasteiger partial charge in [-0.2, -0.15) is 0 Å². The number of allylic oxidation sites excluding steroid dienone is 1. The van der Waals surface area contributed by atoms with Crippen LogP contribution in [0.15, 0.2) is 54.6 Å². The summed E-state index contributed by atoms with van der Waals surface area (Å²) in [7, 11) is 0. The molecule has 37 heavy (non-hydrogen) atoms. The number of phenolic OH excluding ortho intramolecular Hbond substituents is 2. The van der Waals surface area contributed by atoms with Gasteiger partial charge in [-0.05, 0) is 85.8 Å². The van der Waals surface area contributed by atoms with Gasteiger partial charge in [-0.3, -0.25) is 4.90 Å². The minimum absolute atomic E-state index is 0.0511. The molecule has 1 saturated heterocycles.